The van der Waals surface area contributed by atoms with E-state index < -0.39 is 0 Å². The summed E-state index contributed by atoms with van der Waals surface area (Å²) in [5, 5.41) is 1.40. The number of aromatic nitrogens is 1. The summed E-state index contributed by atoms with van der Waals surface area (Å²) in [6, 6.07) is 0. The van der Waals surface area contributed by atoms with Gasteiger partial charge in [-0.25, -0.2) is 0 Å². The van der Waals surface area contributed by atoms with Crippen molar-refractivity contribution in [2.75, 3.05) is 12.8 Å². The highest BCUT2D eigenvalue weighted by atomic mass is 35.5. The molecule has 0 radical (unpaired) electrons. The molecule has 0 bridgehead atoms. The molecule has 2 N–H and O–H groups in total. The van der Waals surface area contributed by atoms with Crippen molar-refractivity contribution in [2.45, 2.75) is 11.4 Å². The number of allylic oxidation sites excluding steroid dienone is 2. The van der Waals surface area contributed by atoms with Gasteiger partial charge >= 0.3 is 0 Å². The number of nitrogens with two attached hydrogens (primary N) is 1. The maximum Gasteiger partial charge on any atom is 0.227 e. The number of aliphatic imine (C=N–C) groups is 1. The Labute approximate surface area is 114 Å². The van der Waals surface area contributed by atoms with Gasteiger partial charge in [0.2, 0.25) is 5.78 Å². The molecule has 0 unspecified atom stereocenters. The van der Waals surface area contributed by atoms with Crippen LogP contribution in [0.4, 0.5) is 0 Å². The number of carbonyl (C=O) groups excluding carboxylic acids is 1. The van der Waals surface area contributed by atoms with Crippen molar-refractivity contribution in [3.63, 3.8) is 0 Å². The van der Waals surface area contributed by atoms with E-state index in [0.717, 1.165) is 17.0 Å². The third-order valence-electron chi connectivity index (χ3n) is 3.40. The molecule has 4 nitrogen and oxygen atoms in total. The topological polar surface area (TPSA) is 60.4 Å². The van der Waals surface area contributed by atoms with Gasteiger partial charge in [0.15, 0.2) is 0 Å². The first kappa shape index (κ1) is 11.9. The summed E-state index contributed by atoms with van der Waals surface area (Å²) in [6.45, 7) is 0.692. The van der Waals surface area contributed by atoms with Gasteiger partial charge in [0, 0.05) is 19.2 Å². The van der Waals surface area contributed by atoms with Crippen LogP contribution in [0.1, 0.15) is 21.6 Å². The normalized spacial score (nSPS) is 17.9. The van der Waals surface area contributed by atoms with Crippen molar-refractivity contribution in [1.82, 2.24) is 4.57 Å². The molecule has 2 heterocycles. The number of carbonyl (C=O) groups is 1. The molecule has 1 aliphatic heterocycles. The molecular weight excluding hydrogens is 270 g/mol. The molecule has 2 aliphatic rings. The fourth-order valence-electron chi connectivity index (χ4n) is 2.63. The molecule has 0 atom stereocenters. The zero-order valence-electron chi connectivity index (χ0n) is 10.1. The summed E-state index contributed by atoms with van der Waals surface area (Å²) in [7, 11) is 1.89. The van der Waals surface area contributed by atoms with E-state index in [4.69, 9.17) is 17.3 Å². The predicted octanol–water partition coefficient (Wildman–Crippen LogP) is 1.70. The van der Waals surface area contributed by atoms with Crippen molar-refractivity contribution >= 4 is 34.9 Å². The van der Waals surface area contributed by atoms with Gasteiger partial charge in [0.1, 0.15) is 11.4 Å². The second kappa shape index (κ2) is 3.90. The predicted molar refractivity (Wildman–Crippen MR) is 73.7 cm³/mol. The van der Waals surface area contributed by atoms with Gasteiger partial charge in [-0.1, -0.05) is 11.6 Å². The number of hydrogen-bond acceptors (Lipinski definition) is 4. The number of halogens is 1. The molecular formula is C12H12ClN3OS. The molecule has 0 spiro atoms. The first-order chi connectivity index (χ1) is 8.57. The Balaban J connectivity index is 2.41. The molecule has 0 saturated carbocycles. The summed E-state index contributed by atoms with van der Waals surface area (Å²) in [5.74, 6) is -0.195. The van der Waals surface area contributed by atoms with Crippen LogP contribution in [-0.4, -0.2) is 28.9 Å². The Kier molecular flexibility index (Phi) is 2.57. The zero-order chi connectivity index (χ0) is 13.0. The smallest absolute Gasteiger partial charge is 0.227 e. The first-order valence-electron chi connectivity index (χ1n) is 5.58. The molecule has 6 heteroatoms. The summed E-state index contributed by atoms with van der Waals surface area (Å²) >= 11 is 7.79. The number of ketones is 1. The van der Waals surface area contributed by atoms with Gasteiger partial charge < -0.3 is 10.3 Å². The zero-order valence-corrected chi connectivity index (χ0v) is 11.7. The van der Waals surface area contributed by atoms with Crippen molar-refractivity contribution in [3.8, 4) is 0 Å². The van der Waals surface area contributed by atoms with Crippen molar-refractivity contribution in [3.05, 3.63) is 27.6 Å². The minimum atomic E-state index is -0.195. The van der Waals surface area contributed by atoms with Crippen LogP contribution < -0.4 is 5.73 Å². The van der Waals surface area contributed by atoms with Crippen molar-refractivity contribution < 1.29 is 4.79 Å². The van der Waals surface area contributed by atoms with Crippen LogP contribution in [0.3, 0.4) is 0 Å². The van der Waals surface area contributed by atoms with E-state index in [1.165, 1.54) is 5.56 Å². The van der Waals surface area contributed by atoms with Gasteiger partial charge in [-0.3, -0.25) is 9.79 Å². The minimum absolute atomic E-state index is 0.101. The van der Waals surface area contributed by atoms with Gasteiger partial charge in [-0.05, 0) is 18.2 Å². The molecule has 1 aromatic rings. The SMILES string of the molecule is CSc1c2c3c(n1C)C(=O)C(N)=C(Cl)C3=NCC2. The van der Waals surface area contributed by atoms with Gasteiger partial charge in [-0.2, -0.15) is 0 Å². The Morgan fingerprint density at radius 1 is 1.50 bits per heavy atom. The molecule has 3 rings (SSSR count). The summed E-state index contributed by atoms with van der Waals surface area (Å²) in [6.07, 6.45) is 2.85. The van der Waals surface area contributed by atoms with E-state index >= 15 is 0 Å². The Morgan fingerprint density at radius 3 is 2.89 bits per heavy atom. The third-order valence-corrected chi connectivity index (χ3v) is 4.69. The molecule has 94 valence electrons. The molecule has 1 aromatic heterocycles. The lowest BCUT2D eigenvalue weighted by Gasteiger charge is -2.20. The highest BCUT2D eigenvalue weighted by Gasteiger charge is 2.36. The fourth-order valence-corrected chi connectivity index (χ4v) is 3.68. The highest BCUT2D eigenvalue weighted by molar-refractivity contribution is 7.98. The number of nitrogens with zero attached hydrogens (tertiary/aromatic N) is 2. The maximum atomic E-state index is 12.3. The van der Waals surface area contributed by atoms with E-state index in [1.807, 2.05) is 17.9 Å². The van der Waals surface area contributed by atoms with Crippen LogP contribution in [0.5, 0.6) is 0 Å². The summed E-state index contributed by atoms with van der Waals surface area (Å²) < 4.78 is 1.91. The van der Waals surface area contributed by atoms with Crippen LogP contribution in [0, 0.1) is 0 Å². The molecule has 0 amide bonds. The van der Waals surface area contributed by atoms with Crippen LogP contribution in [0.15, 0.2) is 20.7 Å². The number of rotatable bonds is 1. The second-order valence-electron chi connectivity index (χ2n) is 4.31. The van der Waals surface area contributed by atoms with Crippen molar-refractivity contribution in [2.24, 2.45) is 17.8 Å². The van der Waals surface area contributed by atoms with E-state index in [2.05, 4.69) is 4.99 Å². The van der Waals surface area contributed by atoms with Gasteiger partial charge in [-0.15, -0.1) is 11.8 Å². The maximum absolute atomic E-state index is 12.3. The Morgan fingerprint density at radius 2 is 2.22 bits per heavy atom. The summed E-state index contributed by atoms with van der Waals surface area (Å²) in [4.78, 5) is 16.7. The molecule has 0 saturated heterocycles. The lowest BCUT2D eigenvalue weighted by atomic mass is 9.92. The van der Waals surface area contributed by atoms with Crippen molar-refractivity contribution in [1.29, 1.82) is 0 Å². The lowest BCUT2D eigenvalue weighted by Crippen LogP contribution is -2.28. The van der Waals surface area contributed by atoms with Crippen LogP contribution in [0.25, 0.3) is 0 Å². The van der Waals surface area contributed by atoms with E-state index in [0.29, 0.717) is 23.0 Å². The number of thioether (sulfide) groups is 1. The first-order valence-corrected chi connectivity index (χ1v) is 7.18. The number of hydrogen-bond donors (Lipinski definition) is 1. The van der Waals surface area contributed by atoms with Crippen LogP contribution in [-0.2, 0) is 13.5 Å². The van der Waals surface area contributed by atoms with Crippen LogP contribution >= 0.6 is 23.4 Å². The van der Waals surface area contributed by atoms with E-state index in [1.54, 1.807) is 11.8 Å². The molecule has 0 aromatic carbocycles. The average molecular weight is 282 g/mol. The van der Waals surface area contributed by atoms with Crippen LogP contribution in [0.2, 0.25) is 0 Å². The van der Waals surface area contributed by atoms with Gasteiger partial charge in [0.25, 0.3) is 0 Å². The van der Waals surface area contributed by atoms with Gasteiger partial charge in [0.05, 0.1) is 15.8 Å². The Bertz CT molecular complexity index is 642. The largest absolute Gasteiger partial charge is 0.394 e. The molecule has 1 aliphatic carbocycles. The lowest BCUT2D eigenvalue weighted by molar-refractivity contribution is 0.102. The summed E-state index contributed by atoms with van der Waals surface area (Å²) in [5.41, 5.74) is 9.25. The van der Waals surface area contributed by atoms with E-state index in [-0.39, 0.29) is 11.5 Å². The van der Waals surface area contributed by atoms with E-state index in [9.17, 15) is 4.79 Å². The average Bonchev–Trinajstić information content (AvgIpc) is 2.66. The highest BCUT2D eigenvalue weighted by Crippen LogP contribution is 2.38. The fraction of sp³-hybridized carbons (Fsp3) is 0.333. The molecule has 18 heavy (non-hydrogen) atoms. The monoisotopic (exact) mass is 281 g/mol. The molecule has 0 fully saturated rings. The quantitative estimate of drug-likeness (QED) is 0.797. The third kappa shape index (κ3) is 1.29. The standard InChI is InChI=1S/C12H12ClN3OS/c1-16-10-6-5(12(16)18-2)3-4-15-9(6)7(13)8(14)11(10)17/h3-4,14H2,1-2H3. The Hall–Kier alpha value is -1.20. The minimum Gasteiger partial charge on any atom is -0.394 e. The number of Topliss-reactive ketones (excluding diaryl/α,β-unsaturated/α-hetero) is 1. The second-order valence-corrected chi connectivity index (χ2v) is 5.48.